The SMILES string of the molecule is Cc1ccc(/C=N/NC(=O)c2cc(Cl)ccc2NC(=O)c2ccncc2)cc1. The molecule has 28 heavy (non-hydrogen) atoms. The summed E-state index contributed by atoms with van der Waals surface area (Å²) in [4.78, 5) is 28.8. The van der Waals surface area contributed by atoms with Gasteiger partial charge in [-0.3, -0.25) is 14.6 Å². The zero-order valence-electron chi connectivity index (χ0n) is 15.0. The van der Waals surface area contributed by atoms with Crippen LogP contribution >= 0.6 is 11.6 Å². The van der Waals surface area contributed by atoms with E-state index in [1.807, 2.05) is 31.2 Å². The number of nitrogens with zero attached hydrogens (tertiary/aromatic N) is 2. The van der Waals surface area contributed by atoms with Crippen LogP contribution in [0.15, 0.2) is 72.1 Å². The first-order chi connectivity index (χ1) is 13.5. The summed E-state index contributed by atoms with van der Waals surface area (Å²) in [5, 5.41) is 7.05. The third kappa shape index (κ3) is 5.02. The van der Waals surface area contributed by atoms with Crippen molar-refractivity contribution in [1.29, 1.82) is 0 Å². The van der Waals surface area contributed by atoms with E-state index in [2.05, 4.69) is 20.8 Å². The van der Waals surface area contributed by atoms with Crippen LogP contribution in [0, 0.1) is 6.92 Å². The normalized spacial score (nSPS) is 10.6. The molecule has 1 heterocycles. The number of benzene rings is 2. The number of nitrogens with one attached hydrogen (secondary N) is 2. The van der Waals surface area contributed by atoms with E-state index in [9.17, 15) is 9.59 Å². The van der Waals surface area contributed by atoms with Gasteiger partial charge in [-0.1, -0.05) is 41.4 Å². The van der Waals surface area contributed by atoms with E-state index >= 15 is 0 Å². The lowest BCUT2D eigenvalue weighted by Crippen LogP contribution is -2.21. The molecule has 0 atom stereocenters. The van der Waals surface area contributed by atoms with Crippen molar-refractivity contribution in [3.63, 3.8) is 0 Å². The first-order valence-electron chi connectivity index (χ1n) is 8.44. The minimum absolute atomic E-state index is 0.205. The quantitative estimate of drug-likeness (QED) is 0.507. The van der Waals surface area contributed by atoms with E-state index < -0.39 is 5.91 Å². The Morgan fingerprint density at radius 1 is 1.00 bits per heavy atom. The topological polar surface area (TPSA) is 83.5 Å². The second-order valence-electron chi connectivity index (χ2n) is 5.99. The van der Waals surface area contributed by atoms with Crippen molar-refractivity contribution in [1.82, 2.24) is 10.4 Å². The molecule has 0 aliphatic rings. The summed E-state index contributed by atoms with van der Waals surface area (Å²) in [5.41, 5.74) is 5.39. The van der Waals surface area contributed by atoms with Crippen molar-refractivity contribution in [2.45, 2.75) is 6.92 Å². The Hall–Kier alpha value is -3.51. The number of carbonyl (C=O) groups is 2. The minimum atomic E-state index is -0.490. The molecule has 1 aromatic heterocycles. The molecule has 0 saturated carbocycles. The maximum absolute atomic E-state index is 12.5. The lowest BCUT2D eigenvalue weighted by molar-refractivity contribution is 0.0956. The Labute approximate surface area is 167 Å². The number of aryl methyl sites for hydroxylation is 1. The summed E-state index contributed by atoms with van der Waals surface area (Å²) in [6, 6.07) is 15.5. The number of aromatic nitrogens is 1. The Morgan fingerprint density at radius 2 is 1.71 bits per heavy atom. The van der Waals surface area contributed by atoms with Crippen molar-refractivity contribution >= 4 is 35.3 Å². The number of halogens is 1. The molecule has 0 unspecified atom stereocenters. The maximum atomic E-state index is 12.5. The van der Waals surface area contributed by atoms with E-state index in [4.69, 9.17) is 11.6 Å². The van der Waals surface area contributed by atoms with Gasteiger partial charge in [-0.25, -0.2) is 5.43 Å². The fourth-order valence-electron chi connectivity index (χ4n) is 2.39. The van der Waals surface area contributed by atoms with Crippen LogP contribution in [0.5, 0.6) is 0 Å². The maximum Gasteiger partial charge on any atom is 0.273 e. The highest BCUT2D eigenvalue weighted by Gasteiger charge is 2.15. The smallest absolute Gasteiger partial charge is 0.273 e. The third-order valence-electron chi connectivity index (χ3n) is 3.87. The van der Waals surface area contributed by atoms with Crippen molar-refractivity contribution in [2.24, 2.45) is 5.10 Å². The highest BCUT2D eigenvalue weighted by molar-refractivity contribution is 6.31. The molecule has 0 bridgehead atoms. The number of hydrazone groups is 1. The third-order valence-corrected chi connectivity index (χ3v) is 4.11. The first kappa shape index (κ1) is 19.3. The molecule has 0 aliphatic carbocycles. The molecular weight excluding hydrogens is 376 g/mol. The second kappa shape index (κ2) is 8.92. The highest BCUT2D eigenvalue weighted by Crippen LogP contribution is 2.21. The van der Waals surface area contributed by atoms with Crippen LogP contribution in [-0.2, 0) is 0 Å². The number of pyridine rings is 1. The van der Waals surface area contributed by atoms with Crippen LogP contribution in [0.3, 0.4) is 0 Å². The van der Waals surface area contributed by atoms with Crippen molar-refractivity contribution in [3.05, 3.63) is 94.3 Å². The number of hydrogen-bond acceptors (Lipinski definition) is 4. The summed E-state index contributed by atoms with van der Waals surface area (Å²) in [6.07, 6.45) is 4.57. The summed E-state index contributed by atoms with van der Waals surface area (Å²) in [5.74, 6) is -0.849. The van der Waals surface area contributed by atoms with Crippen LogP contribution in [0.1, 0.15) is 31.8 Å². The van der Waals surface area contributed by atoms with E-state index in [1.165, 1.54) is 24.7 Å². The zero-order chi connectivity index (χ0) is 19.9. The van der Waals surface area contributed by atoms with Gasteiger partial charge in [-0.2, -0.15) is 5.10 Å². The van der Waals surface area contributed by atoms with Gasteiger partial charge in [0.2, 0.25) is 0 Å². The van der Waals surface area contributed by atoms with Crippen molar-refractivity contribution < 1.29 is 9.59 Å². The number of carbonyl (C=O) groups excluding carboxylic acids is 2. The van der Waals surface area contributed by atoms with Crippen LogP contribution in [0.25, 0.3) is 0 Å². The number of hydrogen-bond donors (Lipinski definition) is 2. The Balaban J connectivity index is 1.75. The monoisotopic (exact) mass is 392 g/mol. The Kier molecular flexibility index (Phi) is 6.14. The van der Waals surface area contributed by atoms with Gasteiger partial charge < -0.3 is 5.32 Å². The fourth-order valence-corrected chi connectivity index (χ4v) is 2.56. The molecule has 140 valence electrons. The van der Waals surface area contributed by atoms with Gasteiger partial charge in [0.1, 0.15) is 0 Å². The molecule has 2 aromatic carbocycles. The fraction of sp³-hybridized carbons (Fsp3) is 0.0476. The highest BCUT2D eigenvalue weighted by atomic mass is 35.5. The van der Waals surface area contributed by atoms with Crippen LogP contribution in [0.4, 0.5) is 5.69 Å². The predicted octanol–water partition coefficient (Wildman–Crippen LogP) is 4.06. The molecule has 2 N–H and O–H groups in total. The van der Waals surface area contributed by atoms with E-state index in [0.717, 1.165) is 11.1 Å². The first-order valence-corrected chi connectivity index (χ1v) is 8.82. The van der Waals surface area contributed by atoms with Gasteiger partial charge in [0.25, 0.3) is 11.8 Å². The Bertz CT molecular complexity index is 1020. The van der Waals surface area contributed by atoms with Crippen LogP contribution < -0.4 is 10.7 Å². The number of rotatable bonds is 5. The van der Waals surface area contributed by atoms with E-state index in [1.54, 1.807) is 24.3 Å². The molecule has 7 heteroatoms. The van der Waals surface area contributed by atoms with E-state index in [-0.39, 0.29) is 11.5 Å². The number of anilines is 1. The molecule has 0 saturated heterocycles. The lowest BCUT2D eigenvalue weighted by Gasteiger charge is -2.10. The standard InChI is InChI=1S/C21H17ClN4O2/c1-14-2-4-15(5-3-14)13-24-26-21(28)18-12-17(22)6-7-19(18)25-20(27)16-8-10-23-11-9-16/h2-13H,1H3,(H,25,27)(H,26,28)/b24-13+. The minimum Gasteiger partial charge on any atom is -0.321 e. The average Bonchev–Trinajstić information content (AvgIpc) is 2.71. The van der Waals surface area contributed by atoms with Crippen LogP contribution in [0.2, 0.25) is 5.02 Å². The van der Waals surface area contributed by atoms with Gasteiger partial charge in [-0.15, -0.1) is 0 Å². The largest absolute Gasteiger partial charge is 0.321 e. The van der Waals surface area contributed by atoms with Gasteiger partial charge in [0.05, 0.1) is 17.5 Å². The molecule has 0 radical (unpaired) electrons. The Morgan fingerprint density at radius 3 is 2.43 bits per heavy atom. The number of amides is 2. The van der Waals surface area contributed by atoms with Gasteiger partial charge in [0.15, 0.2) is 0 Å². The van der Waals surface area contributed by atoms with Gasteiger partial charge in [-0.05, 0) is 42.8 Å². The molecular formula is C21H17ClN4O2. The second-order valence-corrected chi connectivity index (χ2v) is 6.43. The van der Waals surface area contributed by atoms with Crippen LogP contribution in [-0.4, -0.2) is 23.0 Å². The van der Waals surface area contributed by atoms with Crippen molar-refractivity contribution in [2.75, 3.05) is 5.32 Å². The summed E-state index contributed by atoms with van der Waals surface area (Å²) in [7, 11) is 0. The average molecular weight is 393 g/mol. The predicted molar refractivity (Wildman–Crippen MR) is 110 cm³/mol. The molecule has 2 amide bonds. The lowest BCUT2D eigenvalue weighted by atomic mass is 10.1. The molecule has 6 nitrogen and oxygen atoms in total. The molecule has 0 fully saturated rings. The van der Waals surface area contributed by atoms with E-state index in [0.29, 0.717) is 16.3 Å². The zero-order valence-corrected chi connectivity index (χ0v) is 15.8. The van der Waals surface area contributed by atoms with Gasteiger partial charge >= 0.3 is 0 Å². The molecule has 3 aromatic rings. The summed E-state index contributed by atoms with van der Waals surface area (Å²) < 4.78 is 0. The molecule has 0 aliphatic heterocycles. The molecule has 0 spiro atoms. The molecule has 3 rings (SSSR count). The van der Waals surface area contributed by atoms with Crippen molar-refractivity contribution in [3.8, 4) is 0 Å². The summed E-state index contributed by atoms with van der Waals surface area (Å²) in [6.45, 7) is 1.99. The summed E-state index contributed by atoms with van der Waals surface area (Å²) >= 11 is 6.02. The van der Waals surface area contributed by atoms with Gasteiger partial charge in [0, 0.05) is 23.0 Å².